The molecule has 0 saturated heterocycles. The summed E-state index contributed by atoms with van der Waals surface area (Å²) in [5.41, 5.74) is 1.26. The van der Waals surface area contributed by atoms with Gasteiger partial charge in [-0.2, -0.15) is 0 Å². The average molecular weight is 290 g/mol. The van der Waals surface area contributed by atoms with E-state index in [1.807, 2.05) is 31.2 Å². The van der Waals surface area contributed by atoms with Crippen LogP contribution in [-0.4, -0.2) is 40.0 Å². The van der Waals surface area contributed by atoms with Crippen LogP contribution in [0.5, 0.6) is 0 Å². The summed E-state index contributed by atoms with van der Waals surface area (Å²) in [4.78, 5) is 25.8. The molecular weight excluding hydrogens is 268 g/mol. The van der Waals surface area contributed by atoms with Gasteiger partial charge in [-0.15, -0.1) is 0 Å². The van der Waals surface area contributed by atoms with Gasteiger partial charge in [-0.1, -0.05) is 31.2 Å². The van der Waals surface area contributed by atoms with Gasteiger partial charge in [0, 0.05) is 13.0 Å². The molecule has 1 aromatic carbocycles. The minimum absolute atomic E-state index is 0.175. The molecule has 0 spiro atoms. The number of rotatable bonds is 4. The predicted octanol–water partition coefficient (Wildman–Crippen LogP) is 1.41. The Labute approximate surface area is 125 Å². The number of amides is 1. The van der Waals surface area contributed by atoms with Gasteiger partial charge in [0.1, 0.15) is 6.04 Å². The van der Waals surface area contributed by atoms with Crippen molar-refractivity contribution in [3.8, 4) is 0 Å². The Morgan fingerprint density at radius 3 is 2.52 bits per heavy atom. The van der Waals surface area contributed by atoms with Crippen LogP contribution in [0.25, 0.3) is 0 Å². The molecule has 21 heavy (non-hydrogen) atoms. The first-order valence-electron chi connectivity index (χ1n) is 7.22. The fraction of sp³-hybridized carbons (Fsp3) is 0.500. The second-order valence-corrected chi connectivity index (χ2v) is 5.92. The molecule has 1 atom stereocenters. The minimum atomic E-state index is -0.954. The lowest BCUT2D eigenvalue weighted by Crippen LogP contribution is -2.59. The Kier molecular flexibility index (Phi) is 4.32. The van der Waals surface area contributed by atoms with Crippen LogP contribution < -0.4 is 5.32 Å². The second kappa shape index (κ2) is 5.85. The number of aliphatic carboxylic acids is 1. The zero-order valence-electron chi connectivity index (χ0n) is 12.7. The molecule has 0 fully saturated rings. The summed E-state index contributed by atoms with van der Waals surface area (Å²) in [6, 6.07) is 6.90. The Morgan fingerprint density at radius 1 is 1.33 bits per heavy atom. The van der Waals surface area contributed by atoms with Crippen LogP contribution in [0.3, 0.4) is 0 Å². The summed E-state index contributed by atoms with van der Waals surface area (Å²) in [5.74, 6) is -1.13. The summed E-state index contributed by atoms with van der Waals surface area (Å²) in [6.45, 7) is 6.51. The van der Waals surface area contributed by atoms with Gasteiger partial charge in [-0.3, -0.25) is 4.79 Å². The normalized spacial score (nSPS) is 18.2. The number of carboxylic acids is 1. The Balaban J connectivity index is 2.33. The van der Waals surface area contributed by atoms with Crippen molar-refractivity contribution in [3.63, 3.8) is 0 Å². The van der Waals surface area contributed by atoms with Gasteiger partial charge in [0.05, 0.1) is 5.54 Å². The molecule has 5 heteroatoms. The van der Waals surface area contributed by atoms with E-state index in [9.17, 15) is 14.7 Å². The maximum Gasteiger partial charge on any atom is 0.326 e. The molecule has 1 unspecified atom stereocenters. The van der Waals surface area contributed by atoms with Crippen molar-refractivity contribution in [2.75, 3.05) is 6.54 Å². The van der Waals surface area contributed by atoms with E-state index in [2.05, 4.69) is 5.32 Å². The molecule has 1 aromatic rings. The molecular formula is C16H22N2O3. The third kappa shape index (κ3) is 3.08. The van der Waals surface area contributed by atoms with Gasteiger partial charge in [0.2, 0.25) is 5.91 Å². The first-order valence-corrected chi connectivity index (χ1v) is 7.22. The molecule has 1 heterocycles. The van der Waals surface area contributed by atoms with Crippen molar-refractivity contribution in [1.82, 2.24) is 10.2 Å². The number of nitrogens with zero attached hydrogens (tertiary/aromatic N) is 1. The van der Waals surface area contributed by atoms with Crippen molar-refractivity contribution in [2.45, 2.75) is 45.3 Å². The molecule has 2 N–H and O–H groups in total. The number of benzene rings is 1. The number of carboxylic acid groups (broad SMARTS) is 1. The fourth-order valence-electron chi connectivity index (χ4n) is 2.83. The highest BCUT2D eigenvalue weighted by molar-refractivity contribution is 5.90. The summed E-state index contributed by atoms with van der Waals surface area (Å²) in [6.07, 6.45) is 0.361. The molecule has 0 aliphatic carbocycles. The molecule has 1 aliphatic heterocycles. The highest BCUT2D eigenvalue weighted by atomic mass is 16.4. The van der Waals surface area contributed by atoms with Crippen molar-refractivity contribution in [2.24, 2.45) is 0 Å². The molecule has 2 rings (SSSR count). The minimum Gasteiger partial charge on any atom is -0.480 e. The third-order valence-corrected chi connectivity index (χ3v) is 3.95. The molecule has 114 valence electrons. The van der Waals surface area contributed by atoms with Gasteiger partial charge >= 0.3 is 5.97 Å². The number of carbonyl (C=O) groups is 2. The van der Waals surface area contributed by atoms with E-state index in [1.165, 1.54) is 4.90 Å². The maximum absolute atomic E-state index is 12.7. The van der Waals surface area contributed by atoms with Crippen LogP contribution in [-0.2, 0) is 22.6 Å². The number of nitrogens with one attached hydrogen (secondary N) is 1. The number of fused-ring (bicyclic) bond motifs is 1. The lowest BCUT2D eigenvalue weighted by molar-refractivity contribution is -0.154. The van der Waals surface area contributed by atoms with E-state index in [4.69, 9.17) is 0 Å². The molecule has 5 nitrogen and oxygen atoms in total. The highest BCUT2D eigenvalue weighted by Gasteiger charge is 2.40. The van der Waals surface area contributed by atoms with Crippen LogP contribution in [0.1, 0.15) is 31.9 Å². The quantitative estimate of drug-likeness (QED) is 0.880. The highest BCUT2D eigenvalue weighted by Crippen LogP contribution is 2.25. The van der Waals surface area contributed by atoms with Gasteiger partial charge in [-0.25, -0.2) is 4.79 Å². The van der Waals surface area contributed by atoms with Crippen LogP contribution >= 0.6 is 0 Å². The largest absolute Gasteiger partial charge is 0.480 e. The van der Waals surface area contributed by atoms with E-state index < -0.39 is 17.6 Å². The van der Waals surface area contributed by atoms with E-state index in [-0.39, 0.29) is 5.91 Å². The van der Waals surface area contributed by atoms with Gasteiger partial charge in [0.15, 0.2) is 0 Å². The van der Waals surface area contributed by atoms with Crippen LogP contribution in [0.4, 0.5) is 0 Å². The predicted molar refractivity (Wildman–Crippen MR) is 79.9 cm³/mol. The first kappa shape index (κ1) is 15.5. The summed E-state index contributed by atoms with van der Waals surface area (Å²) in [7, 11) is 0. The van der Waals surface area contributed by atoms with Crippen LogP contribution in [0.2, 0.25) is 0 Å². The topological polar surface area (TPSA) is 69.6 Å². The van der Waals surface area contributed by atoms with E-state index in [1.54, 1.807) is 13.8 Å². The standard InChI is InChI=1S/C16H22N2O3/c1-4-17-16(2,3)15(21)18-10-12-8-6-5-7-11(12)9-13(18)14(19)20/h5-8,13,17H,4,9-10H2,1-3H3,(H,19,20). The fourth-order valence-corrected chi connectivity index (χ4v) is 2.83. The maximum atomic E-state index is 12.7. The van der Waals surface area contributed by atoms with E-state index in [0.717, 1.165) is 11.1 Å². The molecule has 0 bridgehead atoms. The zero-order valence-corrected chi connectivity index (χ0v) is 12.7. The summed E-state index contributed by atoms with van der Waals surface area (Å²) >= 11 is 0. The summed E-state index contributed by atoms with van der Waals surface area (Å²) < 4.78 is 0. The van der Waals surface area contributed by atoms with Crippen LogP contribution in [0.15, 0.2) is 24.3 Å². The molecule has 0 saturated carbocycles. The summed E-state index contributed by atoms with van der Waals surface area (Å²) in [5, 5.41) is 12.6. The number of hydrogen-bond acceptors (Lipinski definition) is 3. The Hall–Kier alpha value is -1.88. The Morgan fingerprint density at radius 2 is 1.95 bits per heavy atom. The van der Waals surface area contributed by atoms with Crippen molar-refractivity contribution in [3.05, 3.63) is 35.4 Å². The first-order chi connectivity index (χ1) is 9.86. The second-order valence-electron chi connectivity index (χ2n) is 5.92. The third-order valence-electron chi connectivity index (χ3n) is 3.95. The number of carbonyl (C=O) groups excluding carboxylic acids is 1. The van der Waals surface area contributed by atoms with E-state index in [0.29, 0.717) is 19.5 Å². The van der Waals surface area contributed by atoms with Crippen molar-refractivity contribution >= 4 is 11.9 Å². The number of likely N-dealkylation sites (N-methyl/N-ethyl adjacent to an activating group) is 1. The Bertz CT molecular complexity index is 554. The van der Waals surface area contributed by atoms with Gasteiger partial charge in [-0.05, 0) is 31.5 Å². The lowest BCUT2D eigenvalue weighted by Gasteiger charge is -2.39. The van der Waals surface area contributed by atoms with Crippen molar-refractivity contribution < 1.29 is 14.7 Å². The lowest BCUT2D eigenvalue weighted by atomic mass is 9.91. The van der Waals surface area contributed by atoms with Crippen LogP contribution in [0, 0.1) is 0 Å². The molecule has 0 radical (unpaired) electrons. The monoisotopic (exact) mass is 290 g/mol. The molecule has 0 aromatic heterocycles. The molecule has 1 aliphatic rings. The van der Waals surface area contributed by atoms with E-state index >= 15 is 0 Å². The number of hydrogen-bond donors (Lipinski definition) is 2. The van der Waals surface area contributed by atoms with Gasteiger partial charge in [0.25, 0.3) is 0 Å². The average Bonchev–Trinajstić information content (AvgIpc) is 2.44. The SMILES string of the molecule is CCNC(C)(C)C(=O)N1Cc2ccccc2CC1C(=O)O. The van der Waals surface area contributed by atoms with Crippen molar-refractivity contribution in [1.29, 1.82) is 0 Å². The van der Waals surface area contributed by atoms with Gasteiger partial charge < -0.3 is 15.3 Å². The smallest absolute Gasteiger partial charge is 0.326 e. The zero-order chi connectivity index (χ0) is 15.6. The molecule has 1 amide bonds.